The van der Waals surface area contributed by atoms with E-state index in [0.717, 1.165) is 89.9 Å². The molecule has 0 fully saturated rings. The number of rotatable bonds is 44. The van der Waals surface area contributed by atoms with E-state index in [-0.39, 0.29) is 37.5 Å². The Bertz CT molecular complexity index is 1140. The Morgan fingerprint density at radius 1 is 0.333 bits per heavy atom. The van der Waals surface area contributed by atoms with Crippen molar-refractivity contribution >= 4 is 17.9 Å². The minimum absolute atomic E-state index is 0.103. The summed E-state index contributed by atoms with van der Waals surface area (Å²) in [4.78, 5) is 37.8. The van der Waals surface area contributed by atoms with Crippen LogP contribution in [0.15, 0.2) is 72.9 Å². The Labute approximate surface area is 370 Å². The zero-order valence-electron chi connectivity index (χ0n) is 39.2. The van der Waals surface area contributed by atoms with E-state index < -0.39 is 6.10 Å². The van der Waals surface area contributed by atoms with Gasteiger partial charge in [0.2, 0.25) is 0 Å². The Balaban J connectivity index is 4.49. The molecule has 0 spiro atoms. The Hall–Kier alpha value is -3.15. The fourth-order valence-corrected chi connectivity index (χ4v) is 6.59. The van der Waals surface area contributed by atoms with Gasteiger partial charge in [-0.05, 0) is 103 Å². The third-order valence-corrected chi connectivity index (χ3v) is 10.4. The summed E-state index contributed by atoms with van der Waals surface area (Å²) in [6.45, 7) is 6.49. The summed E-state index contributed by atoms with van der Waals surface area (Å²) in [6.07, 6.45) is 60.3. The first-order chi connectivity index (χ1) is 29.5. The molecule has 6 heteroatoms. The first-order valence-corrected chi connectivity index (χ1v) is 24.9. The molecule has 0 rings (SSSR count). The third-order valence-electron chi connectivity index (χ3n) is 10.4. The SMILES string of the molecule is CCCC/C=C\CCCCCCCC(=O)OCC(COC(=O)CCC/C=C\C/C=C\C/C=C\C/C=C\CCCCC)OC(=O)CCCCC/C=C\CCCCCCCCC. The number of hydrogen-bond acceptors (Lipinski definition) is 6. The van der Waals surface area contributed by atoms with Crippen molar-refractivity contribution in [3.8, 4) is 0 Å². The highest BCUT2D eigenvalue weighted by molar-refractivity contribution is 5.71. The van der Waals surface area contributed by atoms with E-state index in [1.807, 2.05) is 0 Å². The number of carbonyl (C=O) groups excluding carboxylic acids is 3. The van der Waals surface area contributed by atoms with Crippen molar-refractivity contribution in [2.45, 2.75) is 239 Å². The summed E-state index contributed by atoms with van der Waals surface area (Å²) < 4.78 is 16.7. The summed E-state index contributed by atoms with van der Waals surface area (Å²) >= 11 is 0. The van der Waals surface area contributed by atoms with Gasteiger partial charge in [-0.2, -0.15) is 0 Å². The second-order valence-corrected chi connectivity index (χ2v) is 16.4. The number of ether oxygens (including phenoxy) is 3. The average Bonchev–Trinajstić information content (AvgIpc) is 3.24. The summed E-state index contributed by atoms with van der Waals surface area (Å²) in [5.74, 6) is -0.989. The molecule has 0 saturated heterocycles. The van der Waals surface area contributed by atoms with Gasteiger partial charge in [-0.3, -0.25) is 14.4 Å². The Morgan fingerprint density at radius 2 is 0.633 bits per heavy atom. The van der Waals surface area contributed by atoms with Crippen molar-refractivity contribution in [3.63, 3.8) is 0 Å². The fourth-order valence-electron chi connectivity index (χ4n) is 6.59. The quantitative estimate of drug-likeness (QED) is 0.0263. The molecule has 0 N–H and O–H groups in total. The van der Waals surface area contributed by atoms with Crippen LogP contribution in [0.4, 0.5) is 0 Å². The van der Waals surface area contributed by atoms with Crippen molar-refractivity contribution in [1.82, 2.24) is 0 Å². The molecule has 0 aliphatic rings. The van der Waals surface area contributed by atoms with Gasteiger partial charge >= 0.3 is 17.9 Å². The van der Waals surface area contributed by atoms with E-state index in [2.05, 4.69) is 93.7 Å². The molecule has 60 heavy (non-hydrogen) atoms. The van der Waals surface area contributed by atoms with Crippen LogP contribution in [0, 0.1) is 0 Å². The van der Waals surface area contributed by atoms with Gasteiger partial charge in [0.05, 0.1) is 0 Å². The van der Waals surface area contributed by atoms with Gasteiger partial charge in [-0.25, -0.2) is 0 Å². The Morgan fingerprint density at radius 3 is 1.12 bits per heavy atom. The molecule has 0 radical (unpaired) electrons. The van der Waals surface area contributed by atoms with E-state index >= 15 is 0 Å². The van der Waals surface area contributed by atoms with Gasteiger partial charge in [-0.1, -0.05) is 184 Å². The van der Waals surface area contributed by atoms with Gasteiger partial charge in [0, 0.05) is 19.3 Å². The topological polar surface area (TPSA) is 78.9 Å². The maximum Gasteiger partial charge on any atom is 0.306 e. The molecule has 0 amide bonds. The van der Waals surface area contributed by atoms with Crippen molar-refractivity contribution in [2.24, 2.45) is 0 Å². The van der Waals surface area contributed by atoms with Crippen LogP contribution in [-0.4, -0.2) is 37.2 Å². The first-order valence-electron chi connectivity index (χ1n) is 24.9. The fraction of sp³-hybridized carbons (Fsp3) is 0.722. The van der Waals surface area contributed by atoms with Crippen LogP contribution in [0.25, 0.3) is 0 Å². The molecule has 0 saturated carbocycles. The second kappa shape index (κ2) is 48.5. The molecular formula is C54H92O6. The largest absolute Gasteiger partial charge is 0.462 e. The molecule has 0 aromatic carbocycles. The van der Waals surface area contributed by atoms with Crippen LogP contribution < -0.4 is 0 Å². The number of allylic oxidation sites excluding steroid dienone is 12. The van der Waals surface area contributed by atoms with E-state index in [4.69, 9.17) is 14.2 Å². The first kappa shape index (κ1) is 56.9. The third kappa shape index (κ3) is 45.9. The van der Waals surface area contributed by atoms with Crippen molar-refractivity contribution in [3.05, 3.63) is 72.9 Å². The molecule has 0 aromatic heterocycles. The van der Waals surface area contributed by atoms with Gasteiger partial charge < -0.3 is 14.2 Å². The summed E-state index contributed by atoms with van der Waals surface area (Å²) in [5, 5.41) is 0. The van der Waals surface area contributed by atoms with Crippen molar-refractivity contribution in [2.75, 3.05) is 13.2 Å². The number of carbonyl (C=O) groups is 3. The summed E-state index contributed by atoms with van der Waals surface area (Å²) in [6, 6.07) is 0. The zero-order chi connectivity index (χ0) is 43.7. The van der Waals surface area contributed by atoms with Gasteiger partial charge in [0.25, 0.3) is 0 Å². The Kier molecular flexibility index (Phi) is 46.0. The van der Waals surface area contributed by atoms with Crippen LogP contribution >= 0.6 is 0 Å². The van der Waals surface area contributed by atoms with E-state index in [1.54, 1.807) is 0 Å². The van der Waals surface area contributed by atoms with Crippen LogP contribution in [-0.2, 0) is 28.6 Å². The van der Waals surface area contributed by atoms with Crippen molar-refractivity contribution < 1.29 is 28.6 Å². The second-order valence-electron chi connectivity index (χ2n) is 16.4. The highest BCUT2D eigenvalue weighted by Crippen LogP contribution is 2.13. The lowest BCUT2D eigenvalue weighted by Crippen LogP contribution is -2.30. The lowest BCUT2D eigenvalue weighted by molar-refractivity contribution is -0.167. The smallest absolute Gasteiger partial charge is 0.306 e. The van der Waals surface area contributed by atoms with E-state index in [0.29, 0.717) is 19.3 Å². The molecule has 1 atom stereocenters. The molecule has 0 aliphatic heterocycles. The highest BCUT2D eigenvalue weighted by Gasteiger charge is 2.19. The monoisotopic (exact) mass is 837 g/mol. The molecule has 6 nitrogen and oxygen atoms in total. The molecule has 344 valence electrons. The van der Waals surface area contributed by atoms with Crippen LogP contribution in [0.2, 0.25) is 0 Å². The van der Waals surface area contributed by atoms with Crippen molar-refractivity contribution in [1.29, 1.82) is 0 Å². The number of hydrogen-bond donors (Lipinski definition) is 0. The van der Waals surface area contributed by atoms with Crippen LogP contribution in [0.3, 0.4) is 0 Å². The highest BCUT2D eigenvalue weighted by atomic mass is 16.6. The van der Waals surface area contributed by atoms with Crippen LogP contribution in [0.1, 0.15) is 233 Å². The normalized spacial score (nSPS) is 12.7. The molecule has 0 bridgehead atoms. The standard InChI is InChI=1S/C54H92O6/c1-4-7-10-13-16-19-22-24-26-27-28-30-32-35-38-41-44-47-53(56)59-50-51(49-58-52(55)46-43-40-37-34-31-21-18-15-12-9-6-3)60-54(57)48-45-42-39-36-33-29-25-23-20-17-14-11-8-5-2/h15-16,18-19,24,26,28-30,33,35,38,51H,4-14,17,20-23,25,27,31-32,34,36-37,39-50H2,1-3H3/b18-15-,19-16-,26-24-,30-28-,33-29-,38-35-. The molecule has 1 unspecified atom stereocenters. The minimum atomic E-state index is -0.807. The zero-order valence-corrected chi connectivity index (χ0v) is 39.2. The molecular weight excluding hydrogens is 745 g/mol. The summed E-state index contributed by atoms with van der Waals surface area (Å²) in [5.41, 5.74) is 0. The molecule has 0 heterocycles. The maximum atomic E-state index is 12.8. The minimum Gasteiger partial charge on any atom is -0.462 e. The van der Waals surface area contributed by atoms with Crippen LogP contribution in [0.5, 0.6) is 0 Å². The maximum absolute atomic E-state index is 12.8. The van der Waals surface area contributed by atoms with Gasteiger partial charge in [0.15, 0.2) is 6.10 Å². The van der Waals surface area contributed by atoms with E-state index in [9.17, 15) is 14.4 Å². The van der Waals surface area contributed by atoms with E-state index in [1.165, 1.54) is 96.3 Å². The van der Waals surface area contributed by atoms with Gasteiger partial charge in [-0.15, -0.1) is 0 Å². The van der Waals surface area contributed by atoms with Gasteiger partial charge in [0.1, 0.15) is 13.2 Å². The summed E-state index contributed by atoms with van der Waals surface area (Å²) in [7, 11) is 0. The average molecular weight is 837 g/mol. The number of unbranched alkanes of at least 4 members (excludes halogenated alkanes) is 21. The molecule has 0 aliphatic carbocycles. The lowest BCUT2D eigenvalue weighted by atomic mass is 10.1. The predicted molar refractivity (Wildman–Crippen MR) is 256 cm³/mol. The number of esters is 3. The predicted octanol–water partition coefficient (Wildman–Crippen LogP) is 16.3. The molecule has 0 aromatic rings. The lowest BCUT2D eigenvalue weighted by Gasteiger charge is -2.18.